The number of hydrogen-bond donors (Lipinski definition) is 1. The van der Waals surface area contributed by atoms with Gasteiger partial charge in [0.05, 0.1) is 23.9 Å². The van der Waals surface area contributed by atoms with Gasteiger partial charge >= 0.3 is 0 Å². The van der Waals surface area contributed by atoms with E-state index in [2.05, 4.69) is 58.5 Å². The first-order chi connectivity index (χ1) is 12.7. The average molecular weight is 376 g/mol. The average Bonchev–Trinajstić information content (AvgIpc) is 3.35. The predicted octanol–water partition coefficient (Wildman–Crippen LogP) is 2.73. The van der Waals surface area contributed by atoms with Crippen LogP contribution in [0.2, 0.25) is 0 Å². The van der Waals surface area contributed by atoms with Gasteiger partial charge in [0.1, 0.15) is 5.76 Å². The van der Waals surface area contributed by atoms with E-state index in [1.807, 2.05) is 23.5 Å². The highest BCUT2D eigenvalue weighted by molar-refractivity contribution is 7.14. The molecule has 0 aliphatic carbocycles. The quantitative estimate of drug-likeness (QED) is 0.621. The zero-order valence-corrected chi connectivity index (χ0v) is 16.7. The fraction of sp³-hybridized carbons (Fsp3) is 0.526. The SMILES string of the molecule is CCNC(=NCC(c1ccco1)N(C)C)N1CCN(c2cccs2)CC1. The van der Waals surface area contributed by atoms with Gasteiger partial charge in [0.25, 0.3) is 0 Å². The summed E-state index contributed by atoms with van der Waals surface area (Å²) in [4.78, 5) is 11.9. The first kappa shape index (κ1) is 18.8. The molecule has 7 heteroatoms. The summed E-state index contributed by atoms with van der Waals surface area (Å²) in [5, 5.41) is 6.95. The number of anilines is 1. The smallest absolute Gasteiger partial charge is 0.194 e. The van der Waals surface area contributed by atoms with Gasteiger partial charge in [-0.05, 0) is 50.7 Å². The van der Waals surface area contributed by atoms with Gasteiger partial charge in [0, 0.05) is 32.7 Å². The first-order valence-electron chi connectivity index (χ1n) is 9.20. The largest absolute Gasteiger partial charge is 0.468 e. The molecule has 142 valence electrons. The van der Waals surface area contributed by atoms with E-state index < -0.39 is 0 Å². The van der Waals surface area contributed by atoms with Gasteiger partial charge in [0.2, 0.25) is 0 Å². The fourth-order valence-corrected chi connectivity index (χ4v) is 3.96. The molecule has 2 aromatic rings. The summed E-state index contributed by atoms with van der Waals surface area (Å²) < 4.78 is 5.60. The van der Waals surface area contributed by atoms with Crippen LogP contribution >= 0.6 is 11.3 Å². The minimum Gasteiger partial charge on any atom is -0.468 e. The maximum absolute atomic E-state index is 5.60. The van der Waals surface area contributed by atoms with Gasteiger partial charge in [-0.3, -0.25) is 9.89 Å². The second-order valence-electron chi connectivity index (χ2n) is 6.61. The van der Waals surface area contributed by atoms with Crippen molar-refractivity contribution in [2.75, 3.05) is 58.3 Å². The van der Waals surface area contributed by atoms with Crippen molar-refractivity contribution in [1.82, 2.24) is 15.1 Å². The monoisotopic (exact) mass is 375 g/mol. The van der Waals surface area contributed by atoms with Crippen LogP contribution < -0.4 is 10.2 Å². The minimum absolute atomic E-state index is 0.145. The van der Waals surface area contributed by atoms with Crippen molar-refractivity contribution in [3.8, 4) is 0 Å². The molecule has 0 amide bonds. The van der Waals surface area contributed by atoms with Crippen LogP contribution in [0, 0.1) is 0 Å². The molecule has 3 heterocycles. The summed E-state index contributed by atoms with van der Waals surface area (Å²) in [7, 11) is 4.13. The van der Waals surface area contributed by atoms with Crippen LogP contribution in [0.1, 0.15) is 18.7 Å². The molecule has 0 aromatic carbocycles. The van der Waals surface area contributed by atoms with E-state index in [-0.39, 0.29) is 6.04 Å². The summed E-state index contributed by atoms with van der Waals surface area (Å²) in [6.45, 7) is 7.69. The van der Waals surface area contributed by atoms with Crippen LogP contribution in [-0.4, -0.2) is 69.1 Å². The number of furan rings is 1. The zero-order chi connectivity index (χ0) is 18.4. The highest BCUT2D eigenvalue weighted by atomic mass is 32.1. The summed E-state index contributed by atoms with van der Waals surface area (Å²) in [5.74, 6) is 1.95. The van der Waals surface area contributed by atoms with E-state index in [0.717, 1.165) is 44.4 Å². The van der Waals surface area contributed by atoms with Crippen LogP contribution in [-0.2, 0) is 0 Å². The molecule has 0 bridgehead atoms. The maximum atomic E-state index is 5.60. The topological polar surface area (TPSA) is 47.3 Å². The standard InChI is InChI=1S/C19H29N5OS/c1-4-20-19(21-15-16(22(2)3)17-7-5-13-25-17)24-11-9-23(10-12-24)18-8-6-14-26-18/h5-8,13-14,16H,4,9-12,15H2,1-3H3,(H,20,21). The van der Waals surface area contributed by atoms with Crippen LogP contribution in [0.5, 0.6) is 0 Å². The number of nitrogens with zero attached hydrogens (tertiary/aromatic N) is 4. The number of piperazine rings is 1. The summed E-state index contributed by atoms with van der Waals surface area (Å²) >= 11 is 1.81. The molecule has 1 atom stereocenters. The van der Waals surface area contributed by atoms with Crippen molar-refractivity contribution in [3.05, 3.63) is 41.7 Å². The molecule has 1 saturated heterocycles. The molecule has 0 spiro atoms. The number of hydrogen-bond acceptors (Lipinski definition) is 5. The highest BCUT2D eigenvalue weighted by Crippen LogP contribution is 2.23. The molecule has 6 nitrogen and oxygen atoms in total. The van der Waals surface area contributed by atoms with E-state index >= 15 is 0 Å². The van der Waals surface area contributed by atoms with Crippen LogP contribution in [0.25, 0.3) is 0 Å². The molecule has 1 fully saturated rings. The Hall–Kier alpha value is -1.99. The number of likely N-dealkylation sites (N-methyl/N-ethyl adjacent to an activating group) is 1. The van der Waals surface area contributed by atoms with Crippen molar-refractivity contribution in [1.29, 1.82) is 0 Å². The molecule has 1 aliphatic rings. The van der Waals surface area contributed by atoms with Gasteiger partial charge < -0.3 is 19.5 Å². The molecule has 1 unspecified atom stereocenters. The second-order valence-corrected chi connectivity index (χ2v) is 7.54. The number of thiophene rings is 1. The van der Waals surface area contributed by atoms with Crippen LogP contribution in [0.15, 0.2) is 45.3 Å². The third kappa shape index (κ3) is 4.59. The van der Waals surface area contributed by atoms with Crippen LogP contribution in [0.3, 0.4) is 0 Å². The Bertz CT molecular complexity index is 660. The number of nitrogens with one attached hydrogen (secondary N) is 1. The number of rotatable bonds is 6. The van der Waals surface area contributed by atoms with Gasteiger partial charge in [0.15, 0.2) is 5.96 Å². The lowest BCUT2D eigenvalue weighted by Gasteiger charge is -2.37. The lowest BCUT2D eigenvalue weighted by molar-refractivity contribution is 0.263. The van der Waals surface area contributed by atoms with Crippen molar-refractivity contribution in [3.63, 3.8) is 0 Å². The van der Waals surface area contributed by atoms with E-state index in [9.17, 15) is 0 Å². The molecule has 3 rings (SSSR count). The molecular formula is C19H29N5OS. The third-order valence-electron chi connectivity index (χ3n) is 4.64. The second kappa shape index (κ2) is 9.09. The summed E-state index contributed by atoms with van der Waals surface area (Å²) in [5.41, 5.74) is 0. The van der Waals surface area contributed by atoms with Crippen molar-refractivity contribution in [2.24, 2.45) is 4.99 Å². The van der Waals surface area contributed by atoms with Gasteiger partial charge in [-0.2, -0.15) is 0 Å². The Morgan fingerprint density at radius 3 is 2.65 bits per heavy atom. The summed E-state index contributed by atoms with van der Waals surface area (Å²) in [6, 6.07) is 8.42. The molecule has 2 aromatic heterocycles. The van der Waals surface area contributed by atoms with Gasteiger partial charge in [-0.1, -0.05) is 0 Å². The van der Waals surface area contributed by atoms with Crippen molar-refractivity contribution >= 4 is 22.3 Å². The maximum Gasteiger partial charge on any atom is 0.194 e. The first-order valence-corrected chi connectivity index (χ1v) is 10.1. The Morgan fingerprint density at radius 1 is 1.27 bits per heavy atom. The number of aliphatic imine (C=N–C) groups is 1. The zero-order valence-electron chi connectivity index (χ0n) is 15.9. The normalized spacial score (nSPS) is 17.0. The molecule has 26 heavy (non-hydrogen) atoms. The van der Waals surface area contributed by atoms with Crippen molar-refractivity contribution < 1.29 is 4.42 Å². The van der Waals surface area contributed by atoms with Gasteiger partial charge in [-0.15, -0.1) is 11.3 Å². The third-order valence-corrected chi connectivity index (χ3v) is 5.57. The Balaban J connectivity index is 1.64. The molecule has 1 aliphatic heterocycles. The van der Waals surface area contributed by atoms with E-state index in [0.29, 0.717) is 6.54 Å². The van der Waals surface area contributed by atoms with Crippen molar-refractivity contribution in [2.45, 2.75) is 13.0 Å². The Morgan fingerprint density at radius 2 is 2.08 bits per heavy atom. The van der Waals surface area contributed by atoms with Gasteiger partial charge in [-0.25, -0.2) is 0 Å². The Labute approximate surface area is 160 Å². The fourth-order valence-electron chi connectivity index (χ4n) is 3.18. The summed E-state index contributed by atoms with van der Waals surface area (Å²) in [6.07, 6.45) is 1.73. The lowest BCUT2D eigenvalue weighted by Crippen LogP contribution is -2.52. The lowest BCUT2D eigenvalue weighted by atomic mass is 10.2. The van der Waals surface area contributed by atoms with Crippen LogP contribution in [0.4, 0.5) is 5.00 Å². The minimum atomic E-state index is 0.145. The van der Waals surface area contributed by atoms with E-state index in [4.69, 9.17) is 9.41 Å². The predicted molar refractivity (Wildman–Crippen MR) is 109 cm³/mol. The molecule has 0 radical (unpaired) electrons. The molecule has 1 N–H and O–H groups in total. The number of guanidine groups is 1. The highest BCUT2D eigenvalue weighted by Gasteiger charge is 2.22. The molecule has 0 saturated carbocycles. The van der Waals surface area contributed by atoms with E-state index in [1.165, 1.54) is 5.00 Å². The van der Waals surface area contributed by atoms with E-state index in [1.54, 1.807) is 6.26 Å². The molecular weight excluding hydrogens is 346 g/mol. The Kier molecular flexibility index (Phi) is 6.57.